The van der Waals surface area contributed by atoms with Gasteiger partial charge in [0.05, 0.1) is 12.1 Å². The van der Waals surface area contributed by atoms with Gasteiger partial charge in [0.25, 0.3) is 0 Å². The predicted molar refractivity (Wildman–Crippen MR) is 70.2 cm³/mol. The van der Waals surface area contributed by atoms with E-state index in [1.807, 2.05) is 25.1 Å². The number of benzene rings is 1. The van der Waals surface area contributed by atoms with Crippen LogP contribution in [0.1, 0.15) is 18.9 Å². The van der Waals surface area contributed by atoms with Crippen molar-refractivity contribution < 1.29 is 9.90 Å². The molecule has 98 valence electrons. The number of hydrogen-bond donors (Lipinski definition) is 3. The lowest BCUT2D eigenvalue weighted by Gasteiger charge is -2.17. The molecular formula is C14H20N2O2. The summed E-state index contributed by atoms with van der Waals surface area (Å²) >= 11 is 0. The second-order valence-electron chi connectivity index (χ2n) is 4.95. The van der Waals surface area contributed by atoms with E-state index in [4.69, 9.17) is 0 Å². The molecule has 0 bridgehead atoms. The van der Waals surface area contributed by atoms with Gasteiger partial charge in [-0.05, 0) is 25.3 Å². The summed E-state index contributed by atoms with van der Waals surface area (Å²) in [5, 5.41) is 15.4. The number of aliphatic hydroxyl groups excluding tert-OH is 1. The summed E-state index contributed by atoms with van der Waals surface area (Å²) in [6.45, 7) is 2.50. The molecule has 18 heavy (non-hydrogen) atoms. The number of rotatable bonds is 4. The van der Waals surface area contributed by atoms with Gasteiger partial charge < -0.3 is 15.7 Å². The number of amides is 1. The number of carbonyl (C=O) groups excluding carboxylic acids is 1. The number of carbonyl (C=O) groups is 1. The summed E-state index contributed by atoms with van der Waals surface area (Å²) in [6, 6.07) is 9.94. The third-order valence-electron chi connectivity index (χ3n) is 3.20. The third-order valence-corrected chi connectivity index (χ3v) is 3.20. The third kappa shape index (κ3) is 3.55. The Bertz CT molecular complexity index is 394. The lowest BCUT2D eigenvalue weighted by Crippen LogP contribution is -2.44. The Labute approximate surface area is 107 Å². The highest BCUT2D eigenvalue weighted by Gasteiger charge is 2.28. The summed E-state index contributed by atoms with van der Waals surface area (Å²) in [4.78, 5) is 11.9. The molecule has 1 saturated heterocycles. The van der Waals surface area contributed by atoms with Crippen molar-refractivity contribution in [3.8, 4) is 0 Å². The van der Waals surface area contributed by atoms with Crippen LogP contribution in [-0.4, -0.2) is 35.7 Å². The maximum Gasteiger partial charge on any atom is 0.237 e. The maximum atomic E-state index is 11.9. The summed E-state index contributed by atoms with van der Waals surface area (Å²) < 4.78 is 0. The smallest absolute Gasteiger partial charge is 0.237 e. The Balaban J connectivity index is 1.80. The zero-order valence-corrected chi connectivity index (χ0v) is 10.6. The number of hydrogen-bond acceptors (Lipinski definition) is 3. The molecule has 1 aromatic rings. The van der Waals surface area contributed by atoms with Gasteiger partial charge in [0, 0.05) is 12.6 Å². The quantitative estimate of drug-likeness (QED) is 0.725. The van der Waals surface area contributed by atoms with Crippen LogP contribution >= 0.6 is 0 Å². The molecule has 0 aliphatic carbocycles. The molecule has 0 aromatic heterocycles. The fourth-order valence-corrected chi connectivity index (χ4v) is 2.28. The molecule has 3 atom stereocenters. The zero-order chi connectivity index (χ0) is 13.0. The van der Waals surface area contributed by atoms with Gasteiger partial charge in [-0.15, -0.1) is 0 Å². The zero-order valence-electron chi connectivity index (χ0n) is 10.6. The van der Waals surface area contributed by atoms with Gasteiger partial charge in [-0.1, -0.05) is 30.3 Å². The van der Waals surface area contributed by atoms with Crippen LogP contribution in [0.15, 0.2) is 30.3 Å². The van der Waals surface area contributed by atoms with Crippen molar-refractivity contribution in [3.05, 3.63) is 35.9 Å². The molecule has 0 spiro atoms. The van der Waals surface area contributed by atoms with Crippen LogP contribution in [0.25, 0.3) is 0 Å². The van der Waals surface area contributed by atoms with Gasteiger partial charge in [0.1, 0.15) is 0 Å². The van der Waals surface area contributed by atoms with Gasteiger partial charge in [0.15, 0.2) is 0 Å². The van der Waals surface area contributed by atoms with Crippen molar-refractivity contribution in [3.63, 3.8) is 0 Å². The van der Waals surface area contributed by atoms with Crippen molar-refractivity contribution >= 4 is 5.91 Å². The molecule has 1 aromatic carbocycles. The number of aliphatic hydroxyl groups is 1. The van der Waals surface area contributed by atoms with E-state index in [-0.39, 0.29) is 18.0 Å². The molecule has 3 unspecified atom stereocenters. The predicted octanol–water partition coefficient (Wildman–Crippen LogP) is 0.457. The first-order chi connectivity index (χ1) is 8.65. The lowest BCUT2D eigenvalue weighted by molar-refractivity contribution is -0.123. The Kier molecular flexibility index (Phi) is 4.33. The van der Waals surface area contributed by atoms with Crippen molar-refractivity contribution in [2.24, 2.45) is 0 Å². The summed E-state index contributed by atoms with van der Waals surface area (Å²) in [7, 11) is 0. The molecule has 3 N–H and O–H groups in total. The van der Waals surface area contributed by atoms with Crippen molar-refractivity contribution in [1.29, 1.82) is 0 Å². The Hall–Kier alpha value is -1.39. The molecule has 1 amide bonds. The minimum atomic E-state index is -0.398. The second-order valence-corrected chi connectivity index (χ2v) is 4.95. The van der Waals surface area contributed by atoms with Crippen LogP contribution < -0.4 is 10.6 Å². The Morgan fingerprint density at radius 2 is 2.22 bits per heavy atom. The maximum absolute atomic E-state index is 11.9. The van der Waals surface area contributed by atoms with Crippen LogP contribution in [0.2, 0.25) is 0 Å². The van der Waals surface area contributed by atoms with Gasteiger partial charge in [-0.2, -0.15) is 0 Å². The van der Waals surface area contributed by atoms with E-state index >= 15 is 0 Å². The monoisotopic (exact) mass is 248 g/mol. The van der Waals surface area contributed by atoms with E-state index < -0.39 is 6.10 Å². The molecular weight excluding hydrogens is 228 g/mol. The highest BCUT2D eigenvalue weighted by molar-refractivity contribution is 5.82. The van der Waals surface area contributed by atoms with Crippen LogP contribution in [-0.2, 0) is 11.2 Å². The van der Waals surface area contributed by atoms with Gasteiger partial charge in [0.2, 0.25) is 5.91 Å². The average molecular weight is 248 g/mol. The van der Waals surface area contributed by atoms with E-state index in [1.54, 1.807) is 0 Å². The van der Waals surface area contributed by atoms with Crippen LogP contribution in [0, 0.1) is 0 Å². The van der Waals surface area contributed by atoms with E-state index in [9.17, 15) is 9.90 Å². The van der Waals surface area contributed by atoms with Crippen LogP contribution in [0.5, 0.6) is 0 Å². The molecule has 1 aliphatic heterocycles. The van der Waals surface area contributed by atoms with Crippen molar-refractivity contribution in [2.75, 3.05) is 6.54 Å². The molecule has 1 heterocycles. The highest BCUT2D eigenvalue weighted by atomic mass is 16.3. The molecule has 4 heteroatoms. The minimum Gasteiger partial charge on any atom is -0.392 e. The SMILES string of the molecule is CC(Cc1ccccc1)NC(=O)C1CC(O)CN1. The standard InChI is InChI=1S/C14H20N2O2/c1-10(7-11-5-3-2-4-6-11)16-14(18)13-8-12(17)9-15-13/h2-6,10,12-13,15,17H,7-9H2,1H3,(H,16,18). The first-order valence-corrected chi connectivity index (χ1v) is 6.41. The molecule has 4 nitrogen and oxygen atoms in total. The van der Waals surface area contributed by atoms with Gasteiger partial charge >= 0.3 is 0 Å². The number of nitrogens with one attached hydrogen (secondary N) is 2. The second kappa shape index (κ2) is 5.98. The summed E-state index contributed by atoms with van der Waals surface area (Å²) in [5.74, 6) is -0.0185. The molecule has 0 saturated carbocycles. The van der Waals surface area contributed by atoms with Crippen molar-refractivity contribution in [1.82, 2.24) is 10.6 Å². The van der Waals surface area contributed by atoms with E-state index in [0.29, 0.717) is 13.0 Å². The van der Waals surface area contributed by atoms with E-state index in [2.05, 4.69) is 22.8 Å². The Morgan fingerprint density at radius 3 is 2.83 bits per heavy atom. The summed E-state index contributed by atoms with van der Waals surface area (Å²) in [5.41, 5.74) is 1.21. The first kappa shape index (κ1) is 13.1. The summed E-state index contributed by atoms with van der Waals surface area (Å²) in [6.07, 6.45) is 0.927. The minimum absolute atomic E-state index is 0.0185. The normalized spacial score (nSPS) is 24.8. The molecule has 2 rings (SSSR count). The fraction of sp³-hybridized carbons (Fsp3) is 0.500. The van der Waals surface area contributed by atoms with Gasteiger partial charge in [-0.25, -0.2) is 0 Å². The average Bonchev–Trinajstić information content (AvgIpc) is 2.77. The lowest BCUT2D eigenvalue weighted by atomic mass is 10.1. The van der Waals surface area contributed by atoms with Crippen molar-refractivity contribution in [2.45, 2.75) is 38.0 Å². The van der Waals surface area contributed by atoms with Crippen LogP contribution in [0.4, 0.5) is 0 Å². The van der Waals surface area contributed by atoms with Crippen LogP contribution in [0.3, 0.4) is 0 Å². The molecule has 1 aliphatic rings. The topological polar surface area (TPSA) is 61.4 Å². The largest absolute Gasteiger partial charge is 0.392 e. The van der Waals surface area contributed by atoms with E-state index in [1.165, 1.54) is 5.56 Å². The van der Waals surface area contributed by atoms with E-state index in [0.717, 1.165) is 6.42 Å². The van der Waals surface area contributed by atoms with Gasteiger partial charge in [-0.3, -0.25) is 4.79 Å². The first-order valence-electron chi connectivity index (χ1n) is 6.41. The number of β-amino-alcohol motifs (C(OH)–C–C–N with tert-alkyl or cyclic N) is 1. The molecule has 0 radical (unpaired) electrons. The fourth-order valence-electron chi connectivity index (χ4n) is 2.28. The highest BCUT2D eigenvalue weighted by Crippen LogP contribution is 2.07. The Morgan fingerprint density at radius 1 is 1.50 bits per heavy atom. The molecule has 1 fully saturated rings.